The number of rotatable bonds is 3. The number of aromatic hydroxyl groups is 1. The Hall–Kier alpha value is 0.420. The second-order valence-electron chi connectivity index (χ2n) is 3.31. The molecular formula is C10H12Br3NO. The molecule has 84 valence electrons. The SMILES string of the molecule is CCC[C@H](N)c1c(Br)cc(Br)c(O)c1Br. The van der Waals surface area contributed by atoms with Gasteiger partial charge in [-0.15, -0.1) is 0 Å². The third kappa shape index (κ3) is 2.96. The van der Waals surface area contributed by atoms with E-state index in [1.807, 2.05) is 6.07 Å². The van der Waals surface area contributed by atoms with Gasteiger partial charge in [0.15, 0.2) is 0 Å². The molecule has 0 radical (unpaired) electrons. The Morgan fingerprint density at radius 1 is 1.33 bits per heavy atom. The Morgan fingerprint density at radius 2 is 1.93 bits per heavy atom. The number of hydrogen-bond acceptors (Lipinski definition) is 2. The second-order valence-corrected chi connectivity index (χ2v) is 5.81. The Labute approximate surface area is 115 Å². The van der Waals surface area contributed by atoms with Crippen molar-refractivity contribution in [2.24, 2.45) is 5.73 Å². The zero-order valence-corrected chi connectivity index (χ0v) is 13.0. The minimum Gasteiger partial charge on any atom is -0.506 e. The molecule has 1 atom stereocenters. The maximum absolute atomic E-state index is 9.76. The normalized spacial score (nSPS) is 12.9. The summed E-state index contributed by atoms with van der Waals surface area (Å²) in [5.41, 5.74) is 6.95. The first-order valence-corrected chi connectivity index (χ1v) is 6.98. The molecule has 0 aliphatic heterocycles. The zero-order chi connectivity index (χ0) is 11.6. The van der Waals surface area contributed by atoms with Gasteiger partial charge in [0.05, 0.1) is 8.95 Å². The van der Waals surface area contributed by atoms with Crippen LogP contribution in [-0.4, -0.2) is 5.11 Å². The van der Waals surface area contributed by atoms with E-state index in [1.165, 1.54) is 0 Å². The summed E-state index contributed by atoms with van der Waals surface area (Å²) >= 11 is 10.1. The summed E-state index contributed by atoms with van der Waals surface area (Å²) in [6.07, 6.45) is 1.90. The highest BCUT2D eigenvalue weighted by Gasteiger charge is 2.18. The molecule has 0 saturated carbocycles. The van der Waals surface area contributed by atoms with Crippen LogP contribution in [0.5, 0.6) is 5.75 Å². The largest absolute Gasteiger partial charge is 0.506 e. The average molecular weight is 402 g/mol. The predicted octanol–water partition coefficient (Wildman–Crippen LogP) is 4.48. The molecule has 0 saturated heterocycles. The van der Waals surface area contributed by atoms with E-state index in [0.717, 1.165) is 22.9 Å². The molecule has 1 aromatic rings. The van der Waals surface area contributed by atoms with Gasteiger partial charge in [-0.3, -0.25) is 0 Å². The predicted molar refractivity (Wildman–Crippen MR) is 73.0 cm³/mol. The third-order valence-electron chi connectivity index (χ3n) is 2.15. The van der Waals surface area contributed by atoms with Crippen LogP contribution < -0.4 is 5.73 Å². The molecule has 1 aromatic carbocycles. The Bertz CT molecular complexity index is 368. The van der Waals surface area contributed by atoms with E-state index >= 15 is 0 Å². The highest BCUT2D eigenvalue weighted by atomic mass is 79.9. The molecule has 0 fully saturated rings. The van der Waals surface area contributed by atoms with Crippen molar-refractivity contribution in [1.82, 2.24) is 0 Å². The fraction of sp³-hybridized carbons (Fsp3) is 0.400. The van der Waals surface area contributed by atoms with Crippen LogP contribution in [0.3, 0.4) is 0 Å². The van der Waals surface area contributed by atoms with Gasteiger partial charge in [0.1, 0.15) is 5.75 Å². The number of benzene rings is 1. The van der Waals surface area contributed by atoms with Crippen molar-refractivity contribution in [3.63, 3.8) is 0 Å². The van der Waals surface area contributed by atoms with Crippen LogP contribution >= 0.6 is 47.8 Å². The van der Waals surface area contributed by atoms with Gasteiger partial charge in [-0.1, -0.05) is 29.3 Å². The first kappa shape index (κ1) is 13.5. The van der Waals surface area contributed by atoms with Crippen LogP contribution in [0.15, 0.2) is 19.5 Å². The molecule has 0 aliphatic carbocycles. The van der Waals surface area contributed by atoms with Crippen molar-refractivity contribution in [2.75, 3.05) is 0 Å². The lowest BCUT2D eigenvalue weighted by molar-refractivity contribution is 0.465. The molecule has 15 heavy (non-hydrogen) atoms. The van der Waals surface area contributed by atoms with Crippen molar-refractivity contribution in [2.45, 2.75) is 25.8 Å². The van der Waals surface area contributed by atoms with Crippen LogP contribution in [0, 0.1) is 0 Å². The summed E-state index contributed by atoms with van der Waals surface area (Å²) < 4.78 is 2.21. The molecule has 0 heterocycles. The molecule has 0 aromatic heterocycles. The lowest BCUT2D eigenvalue weighted by Gasteiger charge is -2.16. The number of phenols is 1. The lowest BCUT2D eigenvalue weighted by Crippen LogP contribution is -2.11. The van der Waals surface area contributed by atoms with E-state index in [0.29, 0.717) is 8.95 Å². The van der Waals surface area contributed by atoms with E-state index < -0.39 is 0 Å². The Balaban J connectivity index is 3.23. The molecule has 0 unspecified atom stereocenters. The Morgan fingerprint density at radius 3 is 2.47 bits per heavy atom. The van der Waals surface area contributed by atoms with E-state index in [9.17, 15) is 5.11 Å². The van der Waals surface area contributed by atoms with Crippen molar-refractivity contribution in [3.05, 3.63) is 25.0 Å². The van der Waals surface area contributed by atoms with Crippen molar-refractivity contribution in [3.8, 4) is 5.75 Å². The second kappa shape index (κ2) is 5.66. The number of hydrogen-bond donors (Lipinski definition) is 2. The van der Waals surface area contributed by atoms with Crippen LogP contribution in [0.4, 0.5) is 0 Å². The van der Waals surface area contributed by atoms with Gasteiger partial charge >= 0.3 is 0 Å². The fourth-order valence-electron chi connectivity index (χ4n) is 1.39. The van der Waals surface area contributed by atoms with Crippen LogP contribution in [-0.2, 0) is 0 Å². The van der Waals surface area contributed by atoms with Gasteiger partial charge in [-0.2, -0.15) is 0 Å². The summed E-state index contributed by atoms with van der Waals surface area (Å²) in [5, 5.41) is 9.76. The fourth-order valence-corrected chi connectivity index (χ4v) is 4.10. The molecule has 0 amide bonds. The topological polar surface area (TPSA) is 46.2 Å². The molecular weight excluding hydrogens is 390 g/mol. The van der Waals surface area contributed by atoms with Gasteiger partial charge in [-0.25, -0.2) is 0 Å². The van der Waals surface area contributed by atoms with Crippen LogP contribution in [0.1, 0.15) is 31.4 Å². The Kier molecular flexibility index (Phi) is 5.09. The molecule has 0 spiro atoms. The van der Waals surface area contributed by atoms with Gasteiger partial charge in [0, 0.05) is 16.1 Å². The highest BCUT2D eigenvalue weighted by Crippen LogP contribution is 2.42. The van der Waals surface area contributed by atoms with Gasteiger partial charge in [-0.05, 0) is 44.3 Å². The molecule has 0 bridgehead atoms. The van der Waals surface area contributed by atoms with Crippen molar-refractivity contribution in [1.29, 1.82) is 0 Å². The van der Waals surface area contributed by atoms with Crippen molar-refractivity contribution >= 4 is 47.8 Å². The highest BCUT2D eigenvalue weighted by molar-refractivity contribution is 9.11. The van der Waals surface area contributed by atoms with Crippen LogP contribution in [0.2, 0.25) is 0 Å². The van der Waals surface area contributed by atoms with Crippen molar-refractivity contribution < 1.29 is 5.11 Å². The first-order chi connectivity index (χ1) is 6.99. The standard InChI is InChI=1S/C10H12Br3NO/c1-2-3-7(14)8-5(11)4-6(12)10(15)9(8)13/h4,7,15H,2-3,14H2,1H3/t7-/m0/s1. The third-order valence-corrected chi connectivity index (χ3v) is 4.22. The summed E-state index contributed by atoms with van der Waals surface area (Å²) in [6, 6.07) is 1.74. The first-order valence-electron chi connectivity index (χ1n) is 4.61. The molecule has 2 nitrogen and oxygen atoms in total. The van der Waals surface area contributed by atoms with Gasteiger partial charge < -0.3 is 10.8 Å². The lowest BCUT2D eigenvalue weighted by atomic mass is 10.0. The zero-order valence-electron chi connectivity index (χ0n) is 8.23. The minimum atomic E-state index is -0.0715. The van der Waals surface area contributed by atoms with Gasteiger partial charge in [0.2, 0.25) is 0 Å². The van der Waals surface area contributed by atoms with E-state index in [4.69, 9.17) is 5.73 Å². The van der Waals surface area contributed by atoms with E-state index in [-0.39, 0.29) is 11.8 Å². The molecule has 1 rings (SSSR count). The van der Waals surface area contributed by atoms with Gasteiger partial charge in [0.25, 0.3) is 0 Å². The summed E-state index contributed by atoms with van der Waals surface area (Å²) in [4.78, 5) is 0. The molecule has 3 N–H and O–H groups in total. The van der Waals surface area contributed by atoms with E-state index in [2.05, 4.69) is 54.7 Å². The molecule has 0 aliphatic rings. The number of nitrogens with two attached hydrogens (primary N) is 1. The smallest absolute Gasteiger partial charge is 0.144 e. The maximum Gasteiger partial charge on any atom is 0.144 e. The molecule has 5 heteroatoms. The summed E-state index contributed by atoms with van der Waals surface area (Å²) in [6.45, 7) is 2.08. The number of phenolic OH excluding ortho intramolecular Hbond substituents is 1. The van der Waals surface area contributed by atoms with E-state index in [1.54, 1.807) is 0 Å². The summed E-state index contributed by atoms with van der Waals surface area (Å²) in [5.74, 6) is 0.194. The average Bonchev–Trinajstić information content (AvgIpc) is 2.15. The quantitative estimate of drug-likeness (QED) is 0.784. The number of halogens is 3. The summed E-state index contributed by atoms with van der Waals surface area (Å²) in [7, 11) is 0. The van der Waals surface area contributed by atoms with Crippen LogP contribution in [0.25, 0.3) is 0 Å². The maximum atomic E-state index is 9.76. The minimum absolute atomic E-state index is 0.0715. The monoisotopic (exact) mass is 399 g/mol.